The molecule has 2 aromatic rings. The van der Waals surface area contributed by atoms with Gasteiger partial charge in [-0.05, 0) is 51.5 Å². The van der Waals surface area contributed by atoms with Crippen molar-refractivity contribution in [3.05, 3.63) is 58.9 Å². The summed E-state index contributed by atoms with van der Waals surface area (Å²) in [6.45, 7) is 7.39. The number of hydrogen-bond donors (Lipinski definition) is 1. The van der Waals surface area contributed by atoms with E-state index in [0.717, 1.165) is 12.5 Å². The molecule has 0 aliphatic heterocycles. The van der Waals surface area contributed by atoms with Crippen molar-refractivity contribution >= 4 is 40.9 Å². The van der Waals surface area contributed by atoms with Crippen LogP contribution >= 0.6 is 23.4 Å². The fraction of sp³-hybridized carbons (Fsp3) is 0.364. The topological polar surface area (TPSA) is 55.4 Å². The number of ether oxygens (including phenoxy) is 1. The highest BCUT2D eigenvalue weighted by Crippen LogP contribution is 2.36. The van der Waals surface area contributed by atoms with E-state index in [1.54, 1.807) is 51.1 Å². The largest absolute Gasteiger partial charge is 0.459 e. The molecule has 0 saturated carbocycles. The van der Waals surface area contributed by atoms with Crippen LogP contribution in [0.3, 0.4) is 0 Å². The fourth-order valence-electron chi connectivity index (χ4n) is 2.51. The molecule has 0 fully saturated rings. The van der Waals surface area contributed by atoms with Gasteiger partial charge < -0.3 is 10.1 Å². The van der Waals surface area contributed by atoms with Crippen molar-refractivity contribution in [1.82, 2.24) is 0 Å². The third-order valence-corrected chi connectivity index (χ3v) is 5.52. The maximum absolute atomic E-state index is 14.4. The van der Waals surface area contributed by atoms with Crippen LogP contribution in [-0.2, 0) is 9.53 Å². The Labute approximate surface area is 180 Å². The summed E-state index contributed by atoms with van der Waals surface area (Å²) in [7, 11) is 0. The Balaban J connectivity index is 2.24. The van der Waals surface area contributed by atoms with Gasteiger partial charge in [0.2, 0.25) is 0 Å². The fourth-order valence-corrected chi connectivity index (χ4v) is 3.95. The molecule has 0 heterocycles. The highest BCUT2D eigenvalue weighted by atomic mass is 35.5. The molecule has 29 heavy (non-hydrogen) atoms. The maximum atomic E-state index is 14.4. The van der Waals surface area contributed by atoms with Crippen LogP contribution in [0.25, 0.3) is 0 Å². The minimum absolute atomic E-state index is 0.00481. The van der Waals surface area contributed by atoms with Gasteiger partial charge in [-0.15, -0.1) is 11.8 Å². The minimum atomic E-state index is -0.645. The molecule has 1 N–H and O–H groups in total. The van der Waals surface area contributed by atoms with E-state index in [0.29, 0.717) is 16.9 Å². The van der Waals surface area contributed by atoms with E-state index in [-0.39, 0.29) is 16.7 Å². The molecular formula is C22H25ClFNO3S. The van der Waals surface area contributed by atoms with Crippen LogP contribution in [0.5, 0.6) is 0 Å². The van der Waals surface area contributed by atoms with Crippen molar-refractivity contribution in [3.8, 4) is 0 Å². The average molecular weight is 438 g/mol. The molecule has 1 atom stereocenters. The van der Waals surface area contributed by atoms with Gasteiger partial charge in [-0.25, -0.2) is 4.39 Å². The predicted octanol–water partition coefficient (Wildman–Crippen LogP) is 6.33. The Morgan fingerprint density at radius 3 is 2.45 bits per heavy atom. The van der Waals surface area contributed by atoms with Gasteiger partial charge in [0, 0.05) is 10.5 Å². The zero-order valence-corrected chi connectivity index (χ0v) is 18.5. The van der Waals surface area contributed by atoms with Crippen molar-refractivity contribution in [2.75, 3.05) is 5.32 Å². The first-order valence-electron chi connectivity index (χ1n) is 9.35. The lowest BCUT2D eigenvalue weighted by atomic mass is 10.2. The van der Waals surface area contributed by atoms with Crippen LogP contribution in [0, 0.1) is 5.82 Å². The molecule has 0 radical (unpaired) electrons. The first-order valence-corrected chi connectivity index (χ1v) is 10.6. The second-order valence-corrected chi connectivity index (χ2v) is 9.16. The number of halogens is 2. The summed E-state index contributed by atoms with van der Waals surface area (Å²) >= 11 is 7.42. The Kier molecular flexibility index (Phi) is 8.11. The van der Waals surface area contributed by atoms with Crippen molar-refractivity contribution < 1.29 is 18.7 Å². The smallest absolute Gasteiger partial charge is 0.319 e. The Hall–Kier alpha value is -2.05. The maximum Gasteiger partial charge on any atom is 0.319 e. The van der Waals surface area contributed by atoms with Gasteiger partial charge in [-0.2, -0.15) is 0 Å². The number of thioether (sulfide) groups is 1. The predicted molar refractivity (Wildman–Crippen MR) is 116 cm³/mol. The van der Waals surface area contributed by atoms with Gasteiger partial charge in [0.1, 0.15) is 16.7 Å². The number of carbonyl (C=O) groups is 2. The van der Waals surface area contributed by atoms with Gasteiger partial charge in [0.25, 0.3) is 5.91 Å². The van der Waals surface area contributed by atoms with E-state index in [9.17, 15) is 14.0 Å². The summed E-state index contributed by atoms with van der Waals surface area (Å²) < 4.78 is 19.9. The van der Waals surface area contributed by atoms with Gasteiger partial charge in [-0.3, -0.25) is 9.59 Å². The molecule has 0 saturated heterocycles. The van der Waals surface area contributed by atoms with Gasteiger partial charge in [0.05, 0.1) is 10.7 Å². The lowest BCUT2D eigenvalue weighted by Gasteiger charge is -2.24. The van der Waals surface area contributed by atoms with Crippen LogP contribution in [0.15, 0.2) is 47.4 Å². The summed E-state index contributed by atoms with van der Waals surface area (Å²) in [5.74, 6) is -1.42. The van der Waals surface area contributed by atoms with E-state index in [1.807, 2.05) is 6.92 Å². The molecule has 0 bridgehead atoms. The number of rotatable bonds is 7. The zero-order chi connectivity index (χ0) is 21.6. The number of esters is 1. The number of carbonyl (C=O) groups excluding carboxylic acids is 2. The second kappa shape index (κ2) is 10.1. The molecule has 0 aliphatic carbocycles. The molecule has 4 nitrogen and oxygen atoms in total. The molecule has 0 aliphatic rings. The summed E-state index contributed by atoms with van der Waals surface area (Å²) in [6.07, 6.45) is 1.35. The van der Waals surface area contributed by atoms with Crippen molar-refractivity contribution in [1.29, 1.82) is 0 Å². The molecule has 0 spiro atoms. The Morgan fingerprint density at radius 2 is 1.86 bits per heavy atom. The molecular weight excluding hydrogens is 413 g/mol. The average Bonchev–Trinajstić information content (AvgIpc) is 2.64. The quantitative estimate of drug-likeness (QED) is 0.406. The van der Waals surface area contributed by atoms with E-state index >= 15 is 0 Å². The highest BCUT2D eigenvalue weighted by molar-refractivity contribution is 8.00. The first kappa shape index (κ1) is 23.2. The number of amides is 1. The van der Waals surface area contributed by atoms with Crippen molar-refractivity contribution in [2.24, 2.45) is 0 Å². The first-order chi connectivity index (χ1) is 13.6. The van der Waals surface area contributed by atoms with Gasteiger partial charge in [0.15, 0.2) is 0 Å². The molecule has 1 amide bonds. The number of nitrogens with one attached hydrogen (secondary N) is 1. The van der Waals surface area contributed by atoms with E-state index in [1.165, 1.54) is 17.8 Å². The standard InChI is InChI=1S/C22H25ClFNO3S/c1-5-9-18(21(27)28-22(2,3)4)29-19-13-17(16(24)12-15(19)23)25-20(26)14-10-7-6-8-11-14/h6-8,10-13,18H,5,9H2,1-4H3,(H,25,26). The monoisotopic (exact) mass is 437 g/mol. The summed E-state index contributed by atoms with van der Waals surface area (Å²) in [5.41, 5.74) is -0.190. The van der Waals surface area contributed by atoms with Gasteiger partial charge in [-0.1, -0.05) is 43.1 Å². The van der Waals surface area contributed by atoms with Crippen molar-refractivity contribution in [2.45, 2.75) is 56.3 Å². The number of anilines is 1. The third kappa shape index (κ3) is 7.05. The number of benzene rings is 2. The summed E-state index contributed by atoms with van der Waals surface area (Å²) in [6, 6.07) is 11.1. The summed E-state index contributed by atoms with van der Waals surface area (Å²) in [5, 5.41) is 2.25. The SMILES string of the molecule is CCCC(Sc1cc(NC(=O)c2ccccc2)c(F)cc1Cl)C(=O)OC(C)(C)C. The van der Waals surface area contributed by atoms with Crippen LogP contribution < -0.4 is 5.32 Å². The second-order valence-electron chi connectivity index (χ2n) is 7.51. The molecule has 2 rings (SSSR count). The van der Waals surface area contributed by atoms with Crippen LogP contribution in [0.4, 0.5) is 10.1 Å². The Bertz CT molecular complexity index is 868. The van der Waals surface area contributed by atoms with Crippen LogP contribution in [0.2, 0.25) is 5.02 Å². The van der Waals surface area contributed by atoms with Crippen molar-refractivity contribution in [3.63, 3.8) is 0 Å². The van der Waals surface area contributed by atoms with E-state index < -0.39 is 22.6 Å². The van der Waals surface area contributed by atoms with Crippen LogP contribution in [-0.4, -0.2) is 22.7 Å². The zero-order valence-electron chi connectivity index (χ0n) is 16.9. The Morgan fingerprint density at radius 1 is 1.21 bits per heavy atom. The normalized spacial score (nSPS) is 12.3. The third-order valence-electron chi connectivity index (χ3n) is 3.80. The van der Waals surface area contributed by atoms with E-state index in [4.69, 9.17) is 16.3 Å². The van der Waals surface area contributed by atoms with E-state index in [2.05, 4.69) is 5.32 Å². The van der Waals surface area contributed by atoms with Gasteiger partial charge >= 0.3 is 5.97 Å². The molecule has 1 unspecified atom stereocenters. The molecule has 156 valence electrons. The molecule has 0 aromatic heterocycles. The number of hydrogen-bond acceptors (Lipinski definition) is 4. The molecule has 7 heteroatoms. The molecule has 2 aromatic carbocycles. The lowest BCUT2D eigenvalue weighted by Crippen LogP contribution is -2.30. The highest BCUT2D eigenvalue weighted by Gasteiger charge is 2.27. The minimum Gasteiger partial charge on any atom is -0.459 e. The summed E-state index contributed by atoms with van der Waals surface area (Å²) in [4.78, 5) is 25.4. The lowest BCUT2D eigenvalue weighted by molar-refractivity contribution is -0.154. The van der Waals surface area contributed by atoms with Crippen LogP contribution in [0.1, 0.15) is 50.9 Å².